The van der Waals surface area contributed by atoms with Gasteiger partial charge in [0.2, 0.25) is 0 Å². The van der Waals surface area contributed by atoms with Crippen molar-refractivity contribution in [2.75, 3.05) is 13.2 Å². The van der Waals surface area contributed by atoms with Crippen LogP contribution in [0.5, 0.6) is 0 Å². The van der Waals surface area contributed by atoms with Crippen molar-refractivity contribution in [1.29, 1.82) is 0 Å². The van der Waals surface area contributed by atoms with E-state index in [-0.39, 0.29) is 11.9 Å². The molecule has 2 aliphatic heterocycles. The van der Waals surface area contributed by atoms with Crippen molar-refractivity contribution in [3.05, 3.63) is 71.8 Å². The quantitative estimate of drug-likeness (QED) is 0.739. The molecule has 5 heteroatoms. The van der Waals surface area contributed by atoms with E-state index in [4.69, 9.17) is 0 Å². The van der Waals surface area contributed by atoms with Crippen LogP contribution in [0.1, 0.15) is 49.7 Å². The van der Waals surface area contributed by atoms with Crippen molar-refractivity contribution < 1.29 is 9.59 Å². The van der Waals surface area contributed by atoms with Gasteiger partial charge in [-0.1, -0.05) is 73.5 Å². The molecule has 0 aromatic heterocycles. The van der Waals surface area contributed by atoms with Crippen LogP contribution < -0.4 is 5.32 Å². The molecule has 0 spiro atoms. The fourth-order valence-corrected chi connectivity index (χ4v) is 5.88. The van der Waals surface area contributed by atoms with Crippen LogP contribution in [0.25, 0.3) is 0 Å². The maximum atomic E-state index is 13.9. The number of nitrogens with one attached hydrogen (secondary N) is 1. The zero-order valence-electron chi connectivity index (χ0n) is 18.0. The molecule has 1 aliphatic carbocycles. The van der Waals surface area contributed by atoms with Crippen molar-refractivity contribution in [3.63, 3.8) is 0 Å². The van der Waals surface area contributed by atoms with Gasteiger partial charge in [0.25, 0.3) is 5.91 Å². The predicted octanol–water partition coefficient (Wildman–Crippen LogP) is 4.29. The summed E-state index contributed by atoms with van der Waals surface area (Å²) >= 11 is 0. The second-order valence-corrected chi connectivity index (χ2v) is 9.30. The van der Waals surface area contributed by atoms with E-state index < -0.39 is 5.54 Å². The maximum Gasteiger partial charge on any atom is 0.326 e. The molecule has 0 unspecified atom stereocenters. The van der Waals surface area contributed by atoms with Crippen LogP contribution in [-0.4, -0.2) is 41.0 Å². The fraction of sp³-hybridized carbons (Fsp3) is 0.462. The number of carbonyl (C=O) groups excluding carboxylic acids is 2. The van der Waals surface area contributed by atoms with Gasteiger partial charge in [0, 0.05) is 19.0 Å². The molecule has 0 bridgehead atoms. The third-order valence-electron chi connectivity index (χ3n) is 7.44. The van der Waals surface area contributed by atoms with Crippen LogP contribution in [0.15, 0.2) is 60.7 Å². The average Bonchev–Trinajstić information content (AvgIpc) is 3.05. The zero-order chi connectivity index (χ0) is 21.3. The van der Waals surface area contributed by atoms with Crippen LogP contribution in [0.3, 0.4) is 0 Å². The normalized spacial score (nSPS) is 29.0. The number of piperidine rings is 1. The molecule has 5 rings (SSSR count). The molecule has 3 fully saturated rings. The summed E-state index contributed by atoms with van der Waals surface area (Å²) in [5.74, 6) is 0.581. The molecule has 1 N–H and O–H groups in total. The Balaban J connectivity index is 1.44. The maximum absolute atomic E-state index is 13.9. The molecule has 0 radical (unpaired) electrons. The van der Waals surface area contributed by atoms with Crippen LogP contribution in [0.4, 0.5) is 4.79 Å². The second-order valence-electron chi connectivity index (χ2n) is 9.30. The number of carbonyl (C=O) groups is 2. The second kappa shape index (κ2) is 8.46. The molecular weight excluding hydrogens is 386 g/mol. The summed E-state index contributed by atoms with van der Waals surface area (Å²) in [6, 6.07) is 19.9. The van der Waals surface area contributed by atoms with Gasteiger partial charge in [0.1, 0.15) is 0 Å². The minimum Gasteiger partial charge on any atom is -0.319 e. The van der Waals surface area contributed by atoms with Crippen molar-refractivity contribution in [3.8, 4) is 0 Å². The number of fused-ring (bicyclic) bond motifs is 1. The molecule has 3 amide bonds. The van der Waals surface area contributed by atoms with Crippen molar-refractivity contribution in [2.45, 2.75) is 56.5 Å². The Morgan fingerprint density at radius 1 is 0.871 bits per heavy atom. The van der Waals surface area contributed by atoms with Gasteiger partial charge in [-0.25, -0.2) is 9.69 Å². The Morgan fingerprint density at radius 2 is 1.55 bits per heavy atom. The summed E-state index contributed by atoms with van der Waals surface area (Å²) in [5.41, 5.74) is 0.822. The molecule has 3 atom stereocenters. The minimum absolute atomic E-state index is 0.134. The molecule has 2 saturated heterocycles. The molecule has 162 valence electrons. The lowest BCUT2D eigenvalue weighted by molar-refractivity contribution is -0.134. The Labute approximate surface area is 184 Å². The van der Waals surface area contributed by atoms with Gasteiger partial charge in [0.15, 0.2) is 5.54 Å². The van der Waals surface area contributed by atoms with E-state index in [1.807, 2.05) is 60.7 Å². The van der Waals surface area contributed by atoms with Gasteiger partial charge in [0.05, 0.1) is 6.67 Å². The largest absolute Gasteiger partial charge is 0.326 e. The van der Waals surface area contributed by atoms with Gasteiger partial charge in [-0.2, -0.15) is 0 Å². The van der Waals surface area contributed by atoms with E-state index in [2.05, 4.69) is 10.2 Å². The van der Waals surface area contributed by atoms with E-state index in [1.165, 1.54) is 37.0 Å². The van der Waals surface area contributed by atoms with Crippen LogP contribution in [0, 0.1) is 5.92 Å². The van der Waals surface area contributed by atoms with Gasteiger partial charge < -0.3 is 5.32 Å². The summed E-state index contributed by atoms with van der Waals surface area (Å²) in [6.07, 6.45) is 7.91. The van der Waals surface area contributed by atoms with Gasteiger partial charge >= 0.3 is 6.03 Å². The fourth-order valence-electron chi connectivity index (χ4n) is 5.88. The summed E-state index contributed by atoms with van der Waals surface area (Å²) < 4.78 is 0. The summed E-state index contributed by atoms with van der Waals surface area (Å²) in [5, 5.41) is 3.10. The lowest BCUT2D eigenvalue weighted by Crippen LogP contribution is -2.53. The van der Waals surface area contributed by atoms with E-state index in [9.17, 15) is 9.59 Å². The number of hydrogen-bond donors (Lipinski definition) is 1. The predicted molar refractivity (Wildman–Crippen MR) is 120 cm³/mol. The van der Waals surface area contributed by atoms with Crippen LogP contribution in [-0.2, 0) is 16.8 Å². The van der Waals surface area contributed by atoms with E-state index in [1.54, 1.807) is 0 Å². The third-order valence-corrected chi connectivity index (χ3v) is 7.44. The Bertz CT molecular complexity index is 930. The number of rotatable bonds is 5. The lowest BCUT2D eigenvalue weighted by Gasteiger charge is -2.45. The first-order valence-electron chi connectivity index (χ1n) is 11.6. The first-order valence-corrected chi connectivity index (χ1v) is 11.6. The Kier molecular flexibility index (Phi) is 5.53. The number of urea groups is 1. The number of hydrogen-bond acceptors (Lipinski definition) is 3. The molecular formula is C26H31N3O2. The number of amides is 3. The summed E-state index contributed by atoms with van der Waals surface area (Å²) in [7, 11) is 0. The first kappa shape index (κ1) is 20.3. The number of benzene rings is 2. The Hall–Kier alpha value is -2.66. The van der Waals surface area contributed by atoms with E-state index in [0.717, 1.165) is 24.1 Å². The van der Waals surface area contributed by atoms with Crippen molar-refractivity contribution in [2.24, 2.45) is 5.92 Å². The number of likely N-dealkylation sites (tertiary alicyclic amines) is 1. The monoisotopic (exact) mass is 417 g/mol. The van der Waals surface area contributed by atoms with Gasteiger partial charge in [-0.05, 0) is 42.7 Å². The van der Waals surface area contributed by atoms with E-state index in [0.29, 0.717) is 25.0 Å². The smallest absolute Gasteiger partial charge is 0.319 e. The molecule has 1 saturated carbocycles. The topological polar surface area (TPSA) is 52.7 Å². The van der Waals surface area contributed by atoms with Gasteiger partial charge in [-0.3, -0.25) is 9.69 Å². The number of imide groups is 1. The molecule has 2 heterocycles. The Morgan fingerprint density at radius 3 is 2.32 bits per heavy atom. The molecule has 2 aromatic rings. The number of nitrogens with zero attached hydrogens (tertiary/aromatic N) is 2. The highest BCUT2D eigenvalue weighted by Crippen LogP contribution is 2.37. The molecule has 31 heavy (non-hydrogen) atoms. The third kappa shape index (κ3) is 3.76. The van der Waals surface area contributed by atoms with Crippen LogP contribution >= 0.6 is 0 Å². The van der Waals surface area contributed by atoms with Gasteiger partial charge in [-0.15, -0.1) is 0 Å². The first-order chi connectivity index (χ1) is 15.2. The highest BCUT2D eigenvalue weighted by molar-refractivity contribution is 6.07. The SMILES string of the molecule is O=C1N[C@@](Cc2ccccc2)(c2ccccc2)C(=O)N1CN1CCC[C@H]2CCCC[C@@H]21. The standard InChI is InChI=1S/C26H31N3O2/c30-24-26(22-14-5-2-6-15-22,18-20-10-3-1-4-11-20)27-25(31)29(24)19-28-17-9-13-21-12-7-8-16-23(21)28/h1-6,10-11,14-15,21,23H,7-9,12-13,16-19H2,(H,27,31)/t21-,23+,26+/m1/s1. The highest BCUT2D eigenvalue weighted by atomic mass is 16.2. The lowest BCUT2D eigenvalue weighted by atomic mass is 9.78. The average molecular weight is 418 g/mol. The van der Waals surface area contributed by atoms with Crippen molar-refractivity contribution in [1.82, 2.24) is 15.1 Å². The van der Waals surface area contributed by atoms with Crippen LogP contribution in [0.2, 0.25) is 0 Å². The summed E-state index contributed by atoms with van der Waals surface area (Å²) in [4.78, 5) is 30.9. The summed E-state index contributed by atoms with van der Waals surface area (Å²) in [6.45, 7) is 1.37. The zero-order valence-corrected chi connectivity index (χ0v) is 18.0. The van der Waals surface area contributed by atoms with Crippen molar-refractivity contribution >= 4 is 11.9 Å². The molecule has 2 aromatic carbocycles. The molecule has 5 nitrogen and oxygen atoms in total. The molecule has 3 aliphatic rings. The highest BCUT2D eigenvalue weighted by Gasteiger charge is 2.53. The minimum atomic E-state index is -1.05. The van der Waals surface area contributed by atoms with E-state index >= 15 is 0 Å².